The summed E-state index contributed by atoms with van der Waals surface area (Å²) in [7, 11) is 0. The Bertz CT molecular complexity index is 876. The van der Waals surface area contributed by atoms with E-state index in [-0.39, 0.29) is 6.04 Å². The maximum Gasteiger partial charge on any atom is 0.152 e. The zero-order valence-corrected chi connectivity index (χ0v) is 14.6. The number of rotatable bonds is 2. The van der Waals surface area contributed by atoms with Gasteiger partial charge in [0.15, 0.2) is 5.82 Å². The molecular weight excluding hydrogens is 362 g/mol. The van der Waals surface area contributed by atoms with Crippen molar-refractivity contribution in [1.82, 2.24) is 4.98 Å². The van der Waals surface area contributed by atoms with Crippen LogP contribution < -0.4 is 5.32 Å². The number of anilines is 1. The van der Waals surface area contributed by atoms with Crippen LogP contribution >= 0.6 is 15.9 Å². The highest BCUT2D eigenvalue weighted by Gasteiger charge is 2.21. The van der Waals surface area contributed by atoms with Crippen molar-refractivity contribution in [2.75, 3.05) is 5.32 Å². The van der Waals surface area contributed by atoms with Gasteiger partial charge < -0.3 is 5.32 Å². The van der Waals surface area contributed by atoms with E-state index in [9.17, 15) is 0 Å². The van der Waals surface area contributed by atoms with Gasteiger partial charge in [-0.05, 0) is 33.1 Å². The predicted octanol–water partition coefficient (Wildman–Crippen LogP) is 5.52. The lowest BCUT2D eigenvalue weighted by Crippen LogP contribution is -2.14. The molecule has 1 aliphatic rings. The number of benzene rings is 2. The third-order valence-electron chi connectivity index (χ3n) is 4.11. The highest BCUT2D eigenvalue weighted by molar-refractivity contribution is 9.10. The van der Waals surface area contributed by atoms with Gasteiger partial charge in [-0.3, -0.25) is 0 Å². The van der Waals surface area contributed by atoms with Crippen LogP contribution in [0.3, 0.4) is 0 Å². The summed E-state index contributed by atoms with van der Waals surface area (Å²) < 4.78 is 0.928. The molecular formula is C20H16BrN3. The fourth-order valence-corrected chi connectivity index (χ4v) is 3.24. The second kappa shape index (κ2) is 6.57. The van der Waals surface area contributed by atoms with E-state index in [1.807, 2.05) is 30.3 Å². The van der Waals surface area contributed by atoms with E-state index in [1.54, 1.807) is 6.20 Å². The number of nitrogens with one attached hydrogen (secondary N) is 1. The minimum atomic E-state index is 0.139. The second-order valence-corrected chi connectivity index (χ2v) is 6.67. The monoisotopic (exact) mass is 377 g/mol. The molecule has 4 heteroatoms. The zero-order chi connectivity index (χ0) is 16.4. The molecule has 3 aromatic rings. The van der Waals surface area contributed by atoms with Crippen LogP contribution in [0.5, 0.6) is 0 Å². The van der Waals surface area contributed by atoms with Gasteiger partial charge >= 0.3 is 0 Å². The average molecular weight is 378 g/mol. The normalized spacial score (nSPS) is 16.5. The summed E-state index contributed by atoms with van der Waals surface area (Å²) in [4.78, 5) is 9.43. The standard InChI is InChI=1S/C20H16BrN3/c21-16-11-19-20(22-13-16)24-18(15-9-5-2-6-10-15)12-17(23-19)14-7-3-1-4-8-14/h1-11,13,18H,12H2,(H,22,24). The molecule has 3 nitrogen and oxygen atoms in total. The van der Waals surface area contributed by atoms with Gasteiger partial charge in [0.05, 0.1) is 11.8 Å². The van der Waals surface area contributed by atoms with Crippen molar-refractivity contribution in [2.24, 2.45) is 4.99 Å². The number of halogens is 1. The van der Waals surface area contributed by atoms with Crippen LogP contribution in [0.25, 0.3) is 0 Å². The van der Waals surface area contributed by atoms with Crippen molar-refractivity contribution in [3.63, 3.8) is 0 Å². The summed E-state index contributed by atoms with van der Waals surface area (Å²) in [6.45, 7) is 0. The lowest BCUT2D eigenvalue weighted by atomic mass is 9.97. The first-order valence-electron chi connectivity index (χ1n) is 7.89. The summed E-state index contributed by atoms with van der Waals surface area (Å²) in [6.07, 6.45) is 2.61. The Balaban J connectivity index is 1.82. The Morgan fingerprint density at radius 1 is 0.958 bits per heavy atom. The Morgan fingerprint density at radius 3 is 2.42 bits per heavy atom. The van der Waals surface area contributed by atoms with E-state index >= 15 is 0 Å². The number of fused-ring (bicyclic) bond motifs is 1. The first-order valence-corrected chi connectivity index (χ1v) is 8.69. The molecule has 118 valence electrons. The van der Waals surface area contributed by atoms with Crippen LogP contribution in [0.15, 0.2) is 82.4 Å². The predicted molar refractivity (Wildman–Crippen MR) is 102 cm³/mol. The Kier molecular flexibility index (Phi) is 4.13. The van der Waals surface area contributed by atoms with Gasteiger partial charge in [-0.15, -0.1) is 0 Å². The molecule has 4 rings (SSSR count). The lowest BCUT2D eigenvalue weighted by molar-refractivity contribution is 0.822. The summed E-state index contributed by atoms with van der Waals surface area (Å²) >= 11 is 3.49. The molecule has 2 heterocycles. The van der Waals surface area contributed by atoms with E-state index in [2.05, 4.69) is 62.6 Å². The molecule has 0 amide bonds. The fraction of sp³-hybridized carbons (Fsp3) is 0.100. The number of nitrogens with zero attached hydrogens (tertiary/aromatic N) is 2. The van der Waals surface area contributed by atoms with Crippen LogP contribution in [-0.4, -0.2) is 10.7 Å². The fourth-order valence-electron chi connectivity index (χ4n) is 2.92. The number of aliphatic imine (C=N–C) groups is 1. The molecule has 0 aliphatic carbocycles. The Morgan fingerprint density at radius 2 is 1.67 bits per heavy atom. The Hall–Kier alpha value is -2.46. The van der Waals surface area contributed by atoms with Gasteiger partial charge in [0, 0.05) is 17.1 Å². The number of aromatic nitrogens is 1. The number of hydrogen-bond donors (Lipinski definition) is 1. The van der Waals surface area contributed by atoms with Crippen LogP contribution in [0, 0.1) is 0 Å². The minimum absolute atomic E-state index is 0.139. The SMILES string of the molecule is Brc1cnc2c(c1)N=C(c1ccccc1)CC(c1ccccc1)N2. The molecule has 0 saturated carbocycles. The molecule has 24 heavy (non-hydrogen) atoms. The quantitative estimate of drug-likeness (QED) is 0.637. The summed E-state index contributed by atoms with van der Waals surface area (Å²) in [6, 6.07) is 22.9. The highest BCUT2D eigenvalue weighted by Crippen LogP contribution is 2.35. The van der Waals surface area contributed by atoms with Gasteiger partial charge in [-0.1, -0.05) is 60.7 Å². The van der Waals surface area contributed by atoms with Crippen molar-refractivity contribution < 1.29 is 0 Å². The maximum atomic E-state index is 4.91. The van der Waals surface area contributed by atoms with Gasteiger partial charge in [0.1, 0.15) is 5.69 Å². The van der Waals surface area contributed by atoms with E-state index < -0.39 is 0 Å². The molecule has 0 radical (unpaired) electrons. The molecule has 0 saturated heterocycles. The topological polar surface area (TPSA) is 37.3 Å². The van der Waals surface area contributed by atoms with E-state index in [1.165, 1.54) is 5.56 Å². The van der Waals surface area contributed by atoms with Crippen LogP contribution in [0.2, 0.25) is 0 Å². The van der Waals surface area contributed by atoms with Crippen molar-refractivity contribution >= 4 is 33.1 Å². The molecule has 1 N–H and O–H groups in total. The van der Waals surface area contributed by atoms with Crippen molar-refractivity contribution in [1.29, 1.82) is 0 Å². The molecule has 1 atom stereocenters. The smallest absolute Gasteiger partial charge is 0.152 e. The van der Waals surface area contributed by atoms with Gasteiger partial charge in [0.2, 0.25) is 0 Å². The molecule has 0 bridgehead atoms. The van der Waals surface area contributed by atoms with Crippen LogP contribution in [-0.2, 0) is 0 Å². The molecule has 2 aromatic carbocycles. The van der Waals surface area contributed by atoms with Crippen molar-refractivity contribution in [3.05, 3.63) is 88.5 Å². The molecule has 1 aromatic heterocycles. The van der Waals surface area contributed by atoms with Crippen molar-refractivity contribution in [2.45, 2.75) is 12.5 Å². The molecule has 0 fully saturated rings. The van der Waals surface area contributed by atoms with E-state index in [0.717, 1.165) is 33.7 Å². The lowest BCUT2D eigenvalue weighted by Gasteiger charge is -2.18. The minimum Gasteiger partial charge on any atom is -0.361 e. The first-order chi connectivity index (χ1) is 11.8. The summed E-state index contributed by atoms with van der Waals surface area (Å²) in [5.74, 6) is 0.818. The second-order valence-electron chi connectivity index (χ2n) is 5.76. The number of hydrogen-bond acceptors (Lipinski definition) is 3. The van der Waals surface area contributed by atoms with Crippen molar-refractivity contribution in [3.8, 4) is 0 Å². The third-order valence-corrected chi connectivity index (χ3v) is 4.54. The van der Waals surface area contributed by atoms with Crippen LogP contribution in [0.1, 0.15) is 23.6 Å². The maximum absolute atomic E-state index is 4.91. The largest absolute Gasteiger partial charge is 0.361 e. The average Bonchev–Trinajstić information content (AvgIpc) is 2.82. The van der Waals surface area contributed by atoms with Gasteiger partial charge in [-0.2, -0.15) is 0 Å². The van der Waals surface area contributed by atoms with E-state index in [4.69, 9.17) is 4.99 Å². The van der Waals surface area contributed by atoms with Gasteiger partial charge in [-0.25, -0.2) is 9.98 Å². The van der Waals surface area contributed by atoms with Gasteiger partial charge in [0.25, 0.3) is 0 Å². The van der Waals surface area contributed by atoms with Crippen LogP contribution in [0.4, 0.5) is 11.5 Å². The number of pyridine rings is 1. The molecule has 1 aliphatic heterocycles. The summed E-state index contributed by atoms with van der Waals surface area (Å²) in [5.41, 5.74) is 4.31. The third kappa shape index (κ3) is 3.10. The zero-order valence-electron chi connectivity index (χ0n) is 13.0. The molecule has 0 spiro atoms. The highest BCUT2D eigenvalue weighted by atomic mass is 79.9. The van der Waals surface area contributed by atoms with E-state index in [0.29, 0.717) is 0 Å². The first kappa shape index (κ1) is 15.1. The Labute approximate surface area is 149 Å². The summed E-state index contributed by atoms with van der Waals surface area (Å²) in [5, 5.41) is 3.56. The molecule has 1 unspecified atom stereocenters.